The summed E-state index contributed by atoms with van der Waals surface area (Å²) in [7, 11) is 0. The van der Waals surface area contributed by atoms with E-state index in [9.17, 15) is 9.59 Å². The summed E-state index contributed by atoms with van der Waals surface area (Å²) in [6, 6.07) is 1.08. The number of carbonyl (C=O) groups is 2. The Morgan fingerprint density at radius 1 is 1.60 bits per heavy atom. The fourth-order valence-corrected chi connectivity index (χ4v) is 1.62. The Morgan fingerprint density at radius 2 is 2.40 bits per heavy atom. The predicted octanol–water partition coefficient (Wildman–Crippen LogP) is -0.0265. The quantitative estimate of drug-likeness (QED) is 0.714. The Hall–Kier alpha value is -1.69. The smallest absolute Gasteiger partial charge is 0.356 e. The monoisotopic (exact) mass is 209 g/mol. The van der Waals surface area contributed by atoms with Crippen LogP contribution in [0.3, 0.4) is 0 Å². The van der Waals surface area contributed by atoms with Crippen molar-refractivity contribution in [1.82, 2.24) is 15.1 Å². The lowest BCUT2D eigenvalue weighted by molar-refractivity contribution is 0.0689. The van der Waals surface area contributed by atoms with Crippen molar-refractivity contribution < 1.29 is 14.7 Å². The molecule has 6 nitrogen and oxygen atoms in total. The van der Waals surface area contributed by atoms with E-state index in [1.54, 1.807) is 0 Å². The number of hydrogen-bond donors (Lipinski definition) is 2. The van der Waals surface area contributed by atoms with E-state index in [1.165, 1.54) is 12.3 Å². The van der Waals surface area contributed by atoms with Crippen molar-refractivity contribution in [2.45, 2.75) is 18.9 Å². The molecule has 1 aromatic rings. The Bertz CT molecular complexity index is 393. The summed E-state index contributed by atoms with van der Waals surface area (Å²) in [5, 5.41) is 15.4. The lowest BCUT2D eigenvalue weighted by atomic mass is 10.2. The van der Waals surface area contributed by atoms with Gasteiger partial charge < -0.3 is 10.4 Å². The molecule has 2 heterocycles. The van der Waals surface area contributed by atoms with Gasteiger partial charge in [0.15, 0.2) is 5.69 Å². The van der Waals surface area contributed by atoms with Crippen LogP contribution in [-0.2, 0) is 0 Å². The van der Waals surface area contributed by atoms with Gasteiger partial charge in [-0.25, -0.2) is 9.48 Å². The van der Waals surface area contributed by atoms with E-state index in [2.05, 4.69) is 10.4 Å². The molecule has 0 aromatic carbocycles. The third-order valence-corrected chi connectivity index (χ3v) is 2.39. The highest BCUT2D eigenvalue weighted by Crippen LogP contribution is 2.07. The fourth-order valence-electron chi connectivity index (χ4n) is 1.62. The lowest BCUT2D eigenvalue weighted by Gasteiger charge is -2.07. The Labute approximate surface area is 85.9 Å². The minimum atomic E-state index is -1.12. The number of rotatable bonds is 2. The number of aromatic carboxylic acids is 1. The van der Waals surface area contributed by atoms with Crippen LogP contribution in [-0.4, -0.2) is 39.4 Å². The topological polar surface area (TPSA) is 84.2 Å². The molecule has 15 heavy (non-hydrogen) atoms. The summed E-state index contributed by atoms with van der Waals surface area (Å²) < 4.78 is 1.09. The molecule has 0 aliphatic carbocycles. The van der Waals surface area contributed by atoms with Crippen LogP contribution in [0.2, 0.25) is 0 Å². The van der Waals surface area contributed by atoms with Gasteiger partial charge in [0.05, 0.1) is 6.04 Å². The van der Waals surface area contributed by atoms with Gasteiger partial charge in [-0.2, -0.15) is 5.10 Å². The molecule has 2 rings (SSSR count). The molecule has 2 N–H and O–H groups in total. The van der Waals surface area contributed by atoms with Gasteiger partial charge in [-0.1, -0.05) is 0 Å². The molecule has 0 saturated carbocycles. The van der Waals surface area contributed by atoms with Gasteiger partial charge >= 0.3 is 5.97 Å². The minimum Gasteiger partial charge on any atom is -0.476 e. The second-order valence-electron chi connectivity index (χ2n) is 3.44. The van der Waals surface area contributed by atoms with Crippen molar-refractivity contribution in [3.05, 3.63) is 18.0 Å². The molecule has 6 heteroatoms. The average molecular weight is 209 g/mol. The molecule has 1 saturated heterocycles. The molecule has 0 bridgehead atoms. The number of hydrogen-bond acceptors (Lipinski definition) is 4. The molecular weight excluding hydrogens is 198 g/mol. The Morgan fingerprint density at radius 3 is 2.93 bits per heavy atom. The standard InChI is InChI=1S/C9H11N3O3/c13-8(6-2-1-4-10-6)12-5-3-7(11-12)9(14)15/h3,5-6,10H,1-2,4H2,(H,14,15)/t6-/m0/s1. The molecule has 0 unspecified atom stereocenters. The van der Waals surface area contributed by atoms with E-state index in [1.807, 2.05) is 0 Å². The van der Waals surface area contributed by atoms with E-state index >= 15 is 0 Å². The van der Waals surface area contributed by atoms with E-state index < -0.39 is 5.97 Å². The van der Waals surface area contributed by atoms with Gasteiger partial charge in [0.2, 0.25) is 0 Å². The fraction of sp³-hybridized carbons (Fsp3) is 0.444. The maximum absolute atomic E-state index is 11.7. The highest BCUT2D eigenvalue weighted by Gasteiger charge is 2.24. The molecule has 1 aliphatic heterocycles. The second kappa shape index (κ2) is 3.82. The van der Waals surface area contributed by atoms with Crippen molar-refractivity contribution in [1.29, 1.82) is 0 Å². The van der Waals surface area contributed by atoms with Crippen molar-refractivity contribution in [2.75, 3.05) is 6.54 Å². The number of carbonyl (C=O) groups excluding carboxylic acids is 1. The van der Waals surface area contributed by atoms with E-state index in [-0.39, 0.29) is 17.6 Å². The van der Waals surface area contributed by atoms with Crippen LogP contribution in [0, 0.1) is 0 Å². The Kier molecular flexibility index (Phi) is 2.51. The molecule has 1 fully saturated rings. The van der Waals surface area contributed by atoms with Crippen LogP contribution in [0.25, 0.3) is 0 Å². The molecule has 1 aromatic heterocycles. The van der Waals surface area contributed by atoms with Crippen molar-refractivity contribution in [3.8, 4) is 0 Å². The summed E-state index contributed by atoms with van der Waals surface area (Å²) >= 11 is 0. The van der Waals surface area contributed by atoms with Crippen molar-refractivity contribution in [3.63, 3.8) is 0 Å². The number of carboxylic acids is 1. The van der Waals surface area contributed by atoms with Gasteiger partial charge in [0, 0.05) is 6.20 Å². The molecule has 0 radical (unpaired) electrons. The Balaban J connectivity index is 2.14. The highest BCUT2D eigenvalue weighted by atomic mass is 16.4. The zero-order valence-electron chi connectivity index (χ0n) is 8.01. The number of aromatic nitrogens is 2. The zero-order chi connectivity index (χ0) is 10.8. The molecular formula is C9H11N3O3. The molecule has 80 valence electrons. The second-order valence-corrected chi connectivity index (χ2v) is 3.44. The molecule has 0 amide bonds. The molecule has 1 aliphatic rings. The maximum atomic E-state index is 11.7. The number of nitrogens with one attached hydrogen (secondary N) is 1. The van der Waals surface area contributed by atoms with Crippen molar-refractivity contribution >= 4 is 11.9 Å². The lowest BCUT2D eigenvalue weighted by Crippen LogP contribution is -2.35. The van der Waals surface area contributed by atoms with Crippen LogP contribution in [0.4, 0.5) is 0 Å². The minimum absolute atomic E-state index is 0.110. The van der Waals surface area contributed by atoms with E-state index in [0.717, 1.165) is 24.1 Å². The van der Waals surface area contributed by atoms with Gasteiger partial charge in [-0.15, -0.1) is 0 Å². The largest absolute Gasteiger partial charge is 0.476 e. The zero-order valence-corrected chi connectivity index (χ0v) is 8.01. The number of nitrogens with zero attached hydrogens (tertiary/aromatic N) is 2. The normalized spacial score (nSPS) is 20.4. The van der Waals surface area contributed by atoms with Gasteiger partial charge in [-0.3, -0.25) is 4.79 Å². The van der Waals surface area contributed by atoms with E-state index in [4.69, 9.17) is 5.11 Å². The highest BCUT2D eigenvalue weighted by molar-refractivity contribution is 5.88. The number of carboxylic acid groups (broad SMARTS) is 1. The summed E-state index contributed by atoms with van der Waals surface area (Å²) in [4.78, 5) is 22.3. The first kappa shape index (κ1) is 9.85. The first-order valence-corrected chi connectivity index (χ1v) is 4.75. The third-order valence-electron chi connectivity index (χ3n) is 2.39. The summed E-state index contributed by atoms with van der Waals surface area (Å²) in [6.07, 6.45) is 3.12. The average Bonchev–Trinajstić information content (AvgIpc) is 2.88. The van der Waals surface area contributed by atoms with Crippen LogP contribution in [0.1, 0.15) is 28.1 Å². The van der Waals surface area contributed by atoms with Crippen molar-refractivity contribution in [2.24, 2.45) is 0 Å². The predicted molar refractivity (Wildman–Crippen MR) is 50.8 cm³/mol. The van der Waals surface area contributed by atoms with Crippen LogP contribution in [0.5, 0.6) is 0 Å². The maximum Gasteiger partial charge on any atom is 0.356 e. The summed E-state index contributed by atoms with van der Waals surface area (Å²) in [5.74, 6) is -1.32. The van der Waals surface area contributed by atoms with E-state index in [0.29, 0.717) is 0 Å². The molecule has 0 spiro atoms. The van der Waals surface area contributed by atoms with Crippen LogP contribution in [0.15, 0.2) is 12.3 Å². The van der Waals surface area contributed by atoms with Gasteiger partial charge in [0.1, 0.15) is 0 Å². The van der Waals surface area contributed by atoms with Gasteiger partial charge in [-0.05, 0) is 25.5 Å². The third kappa shape index (κ3) is 1.89. The summed E-state index contributed by atoms with van der Waals surface area (Å²) in [5.41, 5.74) is -0.110. The van der Waals surface area contributed by atoms with Crippen LogP contribution < -0.4 is 5.32 Å². The first-order valence-electron chi connectivity index (χ1n) is 4.75. The first-order chi connectivity index (χ1) is 7.18. The van der Waals surface area contributed by atoms with Gasteiger partial charge in [0.25, 0.3) is 5.91 Å². The van der Waals surface area contributed by atoms with Crippen LogP contribution >= 0.6 is 0 Å². The molecule has 1 atom stereocenters. The SMILES string of the molecule is O=C(O)c1ccn(C(=O)[C@@H]2CCCN2)n1. The summed E-state index contributed by atoms with van der Waals surface area (Å²) in [6.45, 7) is 0.823.